The van der Waals surface area contributed by atoms with Crippen molar-refractivity contribution in [3.8, 4) is 0 Å². The van der Waals surface area contributed by atoms with E-state index in [0.717, 1.165) is 10.4 Å². The number of allylic oxidation sites excluding steroid dienone is 1. The van der Waals surface area contributed by atoms with Crippen molar-refractivity contribution in [1.82, 2.24) is 4.98 Å². The van der Waals surface area contributed by atoms with Gasteiger partial charge in [-0.15, -0.1) is 11.3 Å². The summed E-state index contributed by atoms with van der Waals surface area (Å²) in [5.74, 6) is -1.16. The summed E-state index contributed by atoms with van der Waals surface area (Å²) >= 11 is 2.56. The van der Waals surface area contributed by atoms with Gasteiger partial charge in [-0.25, -0.2) is 9.37 Å². The summed E-state index contributed by atoms with van der Waals surface area (Å²) in [7, 11) is 0. The summed E-state index contributed by atoms with van der Waals surface area (Å²) in [5, 5.41) is 3.85. The van der Waals surface area contributed by atoms with Gasteiger partial charge in [-0.1, -0.05) is 47.2 Å². The Kier molecular flexibility index (Phi) is 7.15. The lowest BCUT2D eigenvalue weighted by atomic mass is 10.2. The Morgan fingerprint density at radius 1 is 1.26 bits per heavy atom. The van der Waals surface area contributed by atoms with E-state index in [2.05, 4.69) is 10.1 Å². The van der Waals surface area contributed by atoms with Crippen molar-refractivity contribution in [3.05, 3.63) is 58.9 Å². The Hall–Kier alpha value is -1.80. The highest BCUT2D eigenvalue weighted by molar-refractivity contribution is 8.01. The highest BCUT2D eigenvalue weighted by Gasteiger charge is 2.06. The van der Waals surface area contributed by atoms with Crippen LogP contribution in [0.25, 0.3) is 0 Å². The van der Waals surface area contributed by atoms with Crippen LogP contribution in [0.4, 0.5) is 13.2 Å². The van der Waals surface area contributed by atoms with E-state index in [1.807, 2.05) is 30.3 Å². The zero-order valence-corrected chi connectivity index (χ0v) is 13.5. The number of hydrogen-bond acceptors (Lipinski definition) is 5. The number of benzene rings is 1. The lowest BCUT2D eigenvalue weighted by Crippen LogP contribution is -1.86. The van der Waals surface area contributed by atoms with Crippen molar-refractivity contribution in [1.29, 1.82) is 0 Å². The summed E-state index contributed by atoms with van der Waals surface area (Å²) in [5.41, 5.74) is 1.01. The van der Waals surface area contributed by atoms with Crippen molar-refractivity contribution in [2.75, 3.05) is 5.75 Å². The number of nitrogens with zero attached hydrogens (tertiary/aromatic N) is 2. The number of hydrogen-bond donors (Lipinski definition) is 0. The van der Waals surface area contributed by atoms with Gasteiger partial charge in [0, 0.05) is 18.4 Å². The quantitative estimate of drug-likeness (QED) is 0.367. The normalized spacial score (nSPS) is 10.9. The van der Waals surface area contributed by atoms with Crippen molar-refractivity contribution < 1.29 is 18.0 Å². The summed E-state index contributed by atoms with van der Waals surface area (Å²) < 4.78 is 37.1. The molecule has 0 atom stereocenters. The number of rotatable bonds is 8. The van der Waals surface area contributed by atoms with Crippen LogP contribution in [-0.2, 0) is 11.4 Å². The molecule has 122 valence electrons. The molecule has 0 bridgehead atoms. The predicted molar refractivity (Wildman–Crippen MR) is 86.6 cm³/mol. The second kappa shape index (κ2) is 9.36. The molecule has 0 spiro atoms. The monoisotopic (exact) mass is 358 g/mol. The first-order valence-corrected chi connectivity index (χ1v) is 8.43. The molecule has 3 nitrogen and oxygen atoms in total. The Bertz CT molecular complexity index is 670. The van der Waals surface area contributed by atoms with Gasteiger partial charge in [0.25, 0.3) is 0 Å². The molecule has 0 amide bonds. The molecule has 0 saturated heterocycles. The summed E-state index contributed by atoms with van der Waals surface area (Å²) in [4.78, 5) is 10.0. The molecule has 0 radical (unpaired) electrons. The van der Waals surface area contributed by atoms with Gasteiger partial charge in [0.1, 0.15) is 10.9 Å². The first-order valence-electron chi connectivity index (χ1n) is 6.62. The van der Waals surface area contributed by atoms with Gasteiger partial charge in [-0.05, 0) is 5.56 Å². The van der Waals surface area contributed by atoms with Gasteiger partial charge >= 0.3 is 6.08 Å². The van der Waals surface area contributed by atoms with E-state index in [0.29, 0.717) is 10.9 Å². The van der Waals surface area contributed by atoms with Gasteiger partial charge in [0.15, 0.2) is 5.83 Å². The topological polar surface area (TPSA) is 34.5 Å². The van der Waals surface area contributed by atoms with Crippen LogP contribution in [0.1, 0.15) is 16.9 Å². The van der Waals surface area contributed by atoms with Crippen LogP contribution in [0.5, 0.6) is 0 Å². The molecular formula is C15H13F3N2OS2. The van der Waals surface area contributed by atoms with Gasteiger partial charge in [-0.3, -0.25) is 0 Å². The number of thioether (sulfide) groups is 1. The minimum absolute atomic E-state index is 0.206. The van der Waals surface area contributed by atoms with E-state index < -0.39 is 11.9 Å². The van der Waals surface area contributed by atoms with Crippen LogP contribution in [0.3, 0.4) is 0 Å². The fourth-order valence-electron chi connectivity index (χ4n) is 1.49. The molecule has 0 aliphatic carbocycles. The molecule has 0 N–H and O–H groups in total. The van der Waals surface area contributed by atoms with Gasteiger partial charge in [0.2, 0.25) is 0 Å². The fraction of sp³-hybridized carbons (Fsp3) is 0.200. The van der Waals surface area contributed by atoms with Gasteiger partial charge < -0.3 is 4.84 Å². The van der Waals surface area contributed by atoms with Crippen molar-refractivity contribution in [2.45, 2.75) is 17.4 Å². The molecular weight excluding hydrogens is 345 g/mol. The Morgan fingerprint density at radius 2 is 2.04 bits per heavy atom. The van der Waals surface area contributed by atoms with Gasteiger partial charge in [0.05, 0.1) is 11.1 Å². The average Bonchev–Trinajstić information content (AvgIpc) is 3.00. The first kappa shape index (κ1) is 17.6. The Labute approximate surface area is 139 Å². The number of aromatic nitrogens is 1. The fourth-order valence-corrected chi connectivity index (χ4v) is 3.36. The number of thiazole rings is 1. The highest BCUT2D eigenvalue weighted by atomic mass is 32.2. The molecule has 2 rings (SSSR count). The van der Waals surface area contributed by atoms with Crippen LogP contribution >= 0.6 is 23.1 Å². The zero-order chi connectivity index (χ0) is 16.5. The minimum Gasteiger partial charge on any atom is -0.391 e. The molecule has 0 aliphatic heterocycles. The van der Waals surface area contributed by atoms with Crippen LogP contribution in [0.2, 0.25) is 0 Å². The first-order chi connectivity index (χ1) is 11.1. The van der Waals surface area contributed by atoms with Crippen LogP contribution in [0, 0.1) is 0 Å². The molecule has 0 unspecified atom stereocenters. The number of halogens is 3. The lowest BCUT2D eigenvalue weighted by molar-refractivity contribution is 0.132. The van der Waals surface area contributed by atoms with E-state index in [4.69, 9.17) is 4.84 Å². The third-order valence-electron chi connectivity index (χ3n) is 2.58. The highest BCUT2D eigenvalue weighted by Crippen LogP contribution is 2.26. The molecule has 1 aromatic heterocycles. The van der Waals surface area contributed by atoms with E-state index >= 15 is 0 Å². The maximum atomic E-state index is 12.6. The van der Waals surface area contributed by atoms with Crippen molar-refractivity contribution >= 4 is 29.3 Å². The van der Waals surface area contributed by atoms with Crippen molar-refractivity contribution in [3.63, 3.8) is 0 Å². The molecule has 0 fully saturated rings. The molecule has 0 saturated carbocycles. The summed E-state index contributed by atoms with van der Waals surface area (Å²) in [6, 6.07) is 9.63. The molecule has 0 aliphatic rings. The van der Waals surface area contributed by atoms with Crippen LogP contribution in [0.15, 0.2) is 57.9 Å². The van der Waals surface area contributed by atoms with E-state index in [9.17, 15) is 13.2 Å². The number of oxime groups is 1. The van der Waals surface area contributed by atoms with Crippen molar-refractivity contribution in [2.24, 2.45) is 5.16 Å². The Balaban J connectivity index is 1.74. The Morgan fingerprint density at radius 3 is 2.78 bits per heavy atom. The third kappa shape index (κ3) is 6.45. The standard InChI is InChI=1S/C15H13F3N2OS2/c16-13(14(17)18)6-7-22-15-19-8-12(23-15)9-20-21-10-11-4-2-1-3-5-11/h1-5,8-9H,6-7,10H2/b20-9+. The SMILES string of the molecule is FC(F)=C(F)CCSc1ncc(/C=N/OCc2ccccc2)s1. The zero-order valence-electron chi connectivity index (χ0n) is 11.9. The van der Waals surface area contributed by atoms with E-state index in [-0.39, 0.29) is 12.2 Å². The second-order valence-corrected chi connectivity index (χ2v) is 6.69. The minimum atomic E-state index is -2.26. The van der Waals surface area contributed by atoms with E-state index in [1.165, 1.54) is 29.3 Å². The maximum Gasteiger partial charge on any atom is 0.301 e. The van der Waals surface area contributed by atoms with Crippen LogP contribution < -0.4 is 0 Å². The lowest BCUT2D eigenvalue weighted by Gasteiger charge is -1.97. The summed E-state index contributed by atoms with van der Waals surface area (Å²) in [6.45, 7) is 0.373. The van der Waals surface area contributed by atoms with Crippen LogP contribution in [-0.4, -0.2) is 17.0 Å². The molecule has 2 aromatic rings. The largest absolute Gasteiger partial charge is 0.391 e. The molecule has 1 heterocycles. The molecule has 1 aromatic carbocycles. The molecule has 8 heteroatoms. The third-order valence-corrected chi connectivity index (χ3v) is 4.67. The smallest absolute Gasteiger partial charge is 0.301 e. The molecule has 23 heavy (non-hydrogen) atoms. The predicted octanol–water partition coefficient (Wildman–Crippen LogP) is 5.25. The summed E-state index contributed by atoms with van der Waals surface area (Å²) in [6.07, 6.45) is 0.570. The van der Waals surface area contributed by atoms with E-state index in [1.54, 1.807) is 6.20 Å². The van der Waals surface area contributed by atoms with Gasteiger partial charge in [-0.2, -0.15) is 8.78 Å². The second-order valence-electron chi connectivity index (χ2n) is 4.29. The maximum absolute atomic E-state index is 12.6. The average molecular weight is 358 g/mol.